The number of carbonyl (C=O) groups excluding carboxylic acids is 1. The number of aliphatic carboxylic acids is 1. The molecule has 0 aliphatic rings. The zero-order valence-electron chi connectivity index (χ0n) is 11.7. The number of hydrogen-bond donors (Lipinski definition) is 5. The average Bonchev–Trinajstić information content (AvgIpc) is 2.45. The summed E-state index contributed by atoms with van der Waals surface area (Å²) in [5, 5.41) is 29.9. The molecule has 1 amide bonds. The highest BCUT2D eigenvalue weighted by Crippen LogP contribution is 2.22. The van der Waals surface area contributed by atoms with Crippen molar-refractivity contribution in [2.24, 2.45) is 5.41 Å². The number of anilines is 1. The van der Waals surface area contributed by atoms with E-state index in [0.717, 1.165) is 0 Å². The number of amides is 1. The molecule has 1 aromatic rings. The van der Waals surface area contributed by atoms with E-state index < -0.39 is 36.5 Å². The third-order valence-electron chi connectivity index (χ3n) is 3.27. The average molecular weight is 296 g/mol. The van der Waals surface area contributed by atoms with E-state index in [4.69, 9.17) is 10.8 Å². The van der Waals surface area contributed by atoms with E-state index in [0.29, 0.717) is 11.3 Å². The Bertz CT molecular complexity index is 497. The van der Waals surface area contributed by atoms with E-state index in [1.807, 2.05) is 0 Å². The van der Waals surface area contributed by atoms with Gasteiger partial charge in [-0.05, 0) is 24.6 Å². The van der Waals surface area contributed by atoms with Crippen LogP contribution in [0.4, 0.5) is 5.69 Å². The van der Waals surface area contributed by atoms with Crippen LogP contribution in [0, 0.1) is 5.41 Å². The highest BCUT2D eigenvalue weighted by atomic mass is 16.4. The molecule has 0 fully saturated rings. The first-order chi connectivity index (χ1) is 9.82. The molecule has 1 aromatic carbocycles. The van der Waals surface area contributed by atoms with Gasteiger partial charge in [0.25, 0.3) is 0 Å². The fraction of sp³-hybridized carbons (Fsp3) is 0.429. The van der Waals surface area contributed by atoms with Crippen LogP contribution in [0.15, 0.2) is 24.3 Å². The molecule has 0 saturated heterocycles. The van der Waals surface area contributed by atoms with Crippen LogP contribution in [0.3, 0.4) is 0 Å². The van der Waals surface area contributed by atoms with Gasteiger partial charge in [0.15, 0.2) is 0 Å². The van der Waals surface area contributed by atoms with Crippen LogP contribution in [-0.2, 0) is 9.59 Å². The number of carboxylic acids is 1. The van der Waals surface area contributed by atoms with Gasteiger partial charge in [0.1, 0.15) is 0 Å². The highest BCUT2D eigenvalue weighted by molar-refractivity contribution is 5.83. The molecular weight excluding hydrogens is 276 g/mol. The summed E-state index contributed by atoms with van der Waals surface area (Å²) in [5.74, 6) is -1.69. The van der Waals surface area contributed by atoms with Gasteiger partial charge in [0.2, 0.25) is 5.91 Å². The van der Waals surface area contributed by atoms with E-state index in [1.54, 1.807) is 24.3 Å². The SMILES string of the molecule is CC(CO)(CO)C(=O)N[C@H](CC(=O)O)c1ccc(N)cc1. The summed E-state index contributed by atoms with van der Waals surface area (Å²) in [6.45, 7) is 0.302. The molecule has 0 aliphatic carbocycles. The van der Waals surface area contributed by atoms with Crippen molar-refractivity contribution in [3.8, 4) is 0 Å². The maximum Gasteiger partial charge on any atom is 0.305 e. The molecule has 7 heteroatoms. The number of aliphatic hydroxyl groups excluding tert-OH is 2. The Morgan fingerprint density at radius 3 is 2.19 bits per heavy atom. The number of nitrogens with one attached hydrogen (secondary N) is 1. The van der Waals surface area contributed by atoms with E-state index in [1.165, 1.54) is 6.92 Å². The van der Waals surface area contributed by atoms with Gasteiger partial charge in [-0.15, -0.1) is 0 Å². The number of aliphatic hydroxyl groups is 2. The van der Waals surface area contributed by atoms with Crippen molar-refractivity contribution in [1.29, 1.82) is 0 Å². The van der Waals surface area contributed by atoms with Crippen LogP contribution in [0.5, 0.6) is 0 Å². The lowest BCUT2D eigenvalue weighted by atomic mass is 9.90. The summed E-state index contributed by atoms with van der Waals surface area (Å²) >= 11 is 0. The summed E-state index contributed by atoms with van der Waals surface area (Å²) in [6, 6.07) is 5.69. The van der Waals surface area contributed by atoms with Crippen molar-refractivity contribution in [2.75, 3.05) is 18.9 Å². The molecule has 0 bridgehead atoms. The van der Waals surface area contributed by atoms with Crippen LogP contribution in [-0.4, -0.2) is 40.4 Å². The summed E-state index contributed by atoms with van der Waals surface area (Å²) in [6.07, 6.45) is -0.317. The fourth-order valence-electron chi connectivity index (χ4n) is 1.68. The van der Waals surface area contributed by atoms with Crippen LogP contribution in [0.25, 0.3) is 0 Å². The Labute approximate surface area is 122 Å². The topological polar surface area (TPSA) is 133 Å². The highest BCUT2D eigenvalue weighted by Gasteiger charge is 2.33. The number of benzene rings is 1. The molecule has 0 aliphatic heterocycles. The second-order valence-electron chi connectivity index (χ2n) is 5.17. The zero-order valence-corrected chi connectivity index (χ0v) is 11.7. The summed E-state index contributed by atoms with van der Waals surface area (Å²) in [5.41, 5.74) is 5.31. The Morgan fingerprint density at radius 1 is 1.24 bits per heavy atom. The summed E-state index contributed by atoms with van der Waals surface area (Å²) in [7, 11) is 0. The molecule has 1 rings (SSSR count). The van der Waals surface area contributed by atoms with Crippen LogP contribution >= 0.6 is 0 Å². The summed E-state index contributed by atoms with van der Waals surface area (Å²) < 4.78 is 0. The number of carboxylic acid groups (broad SMARTS) is 1. The molecule has 0 heterocycles. The van der Waals surface area contributed by atoms with Crippen LogP contribution in [0.2, 0.25) is 0 Å². The van der Waals surface area contributed by atoms with Gasteiger partial charge in [-0.1, -0.05) is 12.1 Å². The lowest BCUT2D eigenvalue weighted by molar-refractivity contribution is -0.139. The maximum absolute atomic E-state index is 12.1. The summed E-state index contributed by atoms with van der Waals surface area (Å²) in [4.78, 5) is 23.1. The Kier molecular flexibility index (Phi) is 5.69. The molecule has 0 radical (unpaired) electrons. The Balaban J connectivity index is 2.96. The van der Waals surface area contributed by atoms with Crippen LogP contribution in [0.1, 0.15) is 24.9 Å². The lowest BCUT2D eigenvalue weighted by Gasteiger charge is -2.27. The molecule has 0 saturated carbocycles. The van der Waals surface area contributed by atoms with Crippen molar-refractivity contribution in [1.82, 2.24) is 5.32 Å². The van der Waals surface area contributed by atoms with Crippen LogP contribution < -0.4 is 11.1 Å². The molecule has 0 spiro atoms. The first-order valence-electron chi connectivity index (χ1n) is 6.42. The number of nitrogen functional groups attached to an aromatic ring is 1. The molecule has 1 atom stereocenters. The smallest absolute Gasteiger partial charge is 0.305 e. The molecule has 116 valence electrons. The second kappa shape index (κ2) is 7.05. The van der Waals surface area contributed by atoms with E-state index in [9.17, 15) is 19.8 Å². The van der Waals surface area contributed by atoms with Gasteiger partial charge < -0.3 is 26.4 Å². The van der Waals surface area contributed by atoms with Gasteiger partial charge in [0.05, 0.1) is 31.1 Å². The monoisotopic (exact) mass is 296 g/mol. The number of hydrogen-bond acceptors (Lipinski definition) is 5. The quantitative estimate of drug-likeness (QED) is 0.446. The molecule has 0 aromatic heterocycles. The van der Waals surface area contributed by atoms with Crippen molar-refractivity contribution < 1.29 is 24.9 Å². The van der Waals surface area contributed by atoms with Gasteiger partial charge in [-0.2, -0.15) is 0 Å². The largest absolute Gasteiger partial charge is 0.481 e. The van der Waals surface area contributed by atoms with Crippen molar-refractivity contribution >= 4 is 17.6 Å². The number of carbonyl (C=O) groups is 2. The lowest BCUT2D eigenvalue weighted by Crippen LogP contribution is -2.45. The normalized spacial score (nSPS) is 12.7. The zero-order chi connectivity index (χ0) is 16.0. The van der Waals surface area contributed by atoms with E-state index in [-0.39, 0.29) is 6.42 Å². The predicted molar refractivity (Wildman–Crippen MR) is 76.3 cm³/mol. The molecular formula is C14H20N2O5. The minimum Gasteiger partial charge on any atom is -0.481 e. The minimum atomic E-state index is -1.37. The predicted octanol–water partition coefficient (Wildman–Crippen LogP) is -0.108. The van der Waals surface area contributed by atoms with Gasteiger partial charge >= 0.3 is 5.97 Å². The maximum atomic E-state index is 12.1. The van der Waals surface area contributed by atoms with E-state index in [2.05, 4.69) is 5.32 Å². The molecule has 7 nitrogen and oxygen atoms in total. The van der Waals surface area contributed by atoms with Crippen molar-refractivity contribution in [2.45, 2.75) is 19.4 Å². The van der Waals surface area contributed by atoms with Gasteiger partial charge in [-0.3, -0.25) is 9.59 Å². The third-order valence-corrected chi connectivity index (χ3v) is 3.27. The molecule has 0 unspecified atom stereocenters. The standard InChI is InChI=1S/C14H20N2O5/c1-14(7-17,8-18)13(21)16-11(6-12(19)20)9-2-4-10(15)5-3-9/h2-5,11,17-18H,6-8,15H2,1H3,(H,16,21)(H,19,20)/t11-/m1/s1. The van der Waals surface area contributed by atoms with E-state index >= 15 is 0 Å². The number of nitrogens with two attached hydrogens (primary N) is 1. The fourth-order valence-corrected chi connectivity index (χ4v) is 1.68. The molecule has 21 heavy (non-hydrogen) atoms. The Morgan fingerprint density at radius 2 is 1.76 bits per heavy atom. The Hall–Kier alpha value is -2.12. The van der Waals surface area contributed by atoms with Gasteiger partial charge in [-0.25, -0.2) is 0 Å². The second-order valence-corrected chi connectivity index (χ2v) is 5.17. The third kappa shape index (κ3) is 4.44. The minimum absolute atomic E-state index is 0.317. The van der Waals surface area contributed by atoms with Gasteiger partial charge in [0, 0.05) is 5.69 Å². The van der Waals surface area contributed by atoms with Crippen molar-refractivity contribution in [3.05, 3.63) is 29.8 Å². The number of rotatable bonds is 7. The first kappa shape index (κ1) is 16.9. The van der Waals surface area contributed by atoms with Crippen molar-refractivity contribution in [3.63, 3.8) is 0 Å². The first-order valence-corrected chi connectivity index (χ1v) is 6.42. The molecule has 6 N–H and O–H groups in total.